The Morgan fingerprint density at radius 3 is 2.56 bits per heavy atom. The molecule has 1 aromatic carbocycles. The van der Waals surface area contributed by atoms with Crippen LogP contribution >= 0.6 is 0 Å². The minimum atomic E-state index is -4.43. The average Bonchev–Trinajstić information content (AvgIpc) is 2.38. The van der Waals surface area contributed by atoms with Crippen LogP contribution in [0.1, 0.15) is 17.5 Å². The maximum Gasteiger partial charge on any atom is 0.416 e. The molecule has 18 heavy (non-hydrogen) atoms. The molecule has 1 unspecified atom stereocenters. The van der Waals surface area contributed by atoms with Crippen LogP contribution in [-0.4, -0.2) is 17.9 Å². The first kappa shape index (κ1) is 12.8. The molecular formula is C13H12F3NO. The summed E-state index contributed by atoms with van der Waals surface area (Å²) in [5.74, 6) is 0. The zero-order valence-electron chi connectivity index (χ0n) is 9.48. The Bertz CT molecular complexity index is 493. The van der Waals surface area contributed by atoms with Gasteiger partial charge in [-0.2, -0.15) is 13.2 Å². The van der Waals surface area contributed by atoms with Crippen molar-refractivity contribution in [3.05, 3.63) is 47.7 Å². The van der Waals surface area contributed by atoms with Crippen LogP contribution in [0.3, 0.4) is 0 Å². The molecule has 5 heteroatoms. The molecule has 1 N–H and O–H groups in total. The third kappa shape index (κ3) is 2.18. The minimum absolute atomic E-state index is 0.0856. The average molecular weight is 255 g/mol. The topological polar surface area (TPSA) is 32.6 Å². The van der Waals surface area contributed by atoms with Gasteiger partial charge in [0.25, 0.3) is 0 Å². The smallest absolute Gasteiger partial charge is 0.395 e. The Kier molecular flexibility index (Phi) is 3.26. The van der Waals surface area contributed by atoms with Gasteiger partial charge in [0.2, 0.25) is 0 Å². The fraction of sp³-hybridized carbons (Fsp3) is 0.308. The number of aliphatic imine (C=N–C) groups is 1. The first-order chi connectivity index (χ1) is 8.49. The van der Waals surface area contributed by atoms with Crippen molar-refractivity contribution in [2.24, 2.45) is 4.99 Å². The third-order valence-electron chi connectivity index (χ3n) is 3.09. The van der Waals surface area contributed by atoms with E-state index in [1.54, 1.807) is 6.07 Å². The van der Waals surface area contributed by atoms with E-state index in [2.05, 4.69) is 4.99 Å². The molecule has 0 bridgehead atoms. The van der Waals surface area contributed by atoms with Crippen molar-refractivity contribution in [2.45, 2.75) is 18.0 Å². The first-order valence-electron chi connectivity index (χ1n) is 5.46. The van der Waals surface area contributed by atoms with Crippen molar-refractivity contribution in [3.8, 4) is 0 Å². The molecule has 2 nitrogen and oxygen atoms in total. The monoisotopic (exact) mass is 255 g/mol. The van der Waals surface area contributed by atoms with Crippen molar-refractivity contribution in [2.75, 3.05) is 6.61 Å². The van der Waals surface area contributed by atoms with Gasteiger partial charge in [0.05, 0.1) is 12.2 Å². The number of halogens is 3. The van der Waals surface area contributed by atoms with Gasteiger partial charge in [-0.1, -0.05) is 24.3 Å². The van der Waals surface area contributed by atoms with Gasteiger partial charge in [-0.25, -0.2) is 0 Å². The second-order valence-corrected chi connectivity index (χ2v) is 4.21. The fourth-order valence-electron chi connectivity index (χ4n) is 2.10. The predicted molar refractivity (Wildman–Crippen MR) is 62.5 cm³/mol. The summed E-state index contributed by atoms with van der Waals surface area (Å²) in [7, 11) is 0. The summed E-state index contributed by atoms with van der Waals surface area (Å²) in [5.41, 5.74) is -1.66. The molecule has 0 amide bonds. The molecule has 1 heterocycles. The zero-order chi connectivity index (χ0) is 13.2. The second-order valence-electron chi connectivity index (χ2n) is 4.21. The van der Waals surface area contributed by atoms with Gasteiger partial charge in [0.15, 0.2) is 0 Å². The number of nitrogens with zero attached hydrogens (tertiary/aromatic N) is 1. The van der Waals surface area contributed by atoms with Gasteiger partial charge >= 0.3 is 6.18 Å². The van der Waals surface area contributed by atoms with Crippen LogP contribution in [0.2, 0.25) is 0 Å². The molecule has 0 spiro atoms. The molecule has 0 aromatic heterocycles. The SMILES string of the molecule is OCC1(c2ccccc2C(F)(F)F)C=CN=CC1. The number of alkyl halides is 3. The molecular weight excluding hydrogens is 243 g/mol. The molecule has 2 rings (SSSR count). The Morgan fingerprint density at radius 1 is 1.28 bits per heavy atom. The molecule has 0 aliphatic carbocycles. The van der Waals surface area contributed by atoms with Gasteiger partial charge in [-0.15, -0.1) is 0 Å². The number of aliphatic hydroxyl groups excluding tert-OH is 1. The molecule has 0 radical (unpaired) electrons. The summed E-state index contributed by atoms with van der Waals surface area (Å²) in [6.45, 7) is -0.386. The van der Waals surface area contributed by atoms with E-state index in [0.29, 0.717) is 0 Å². The van der Waals surface area contributed by atoms with Crippen molar-refractivity contribution in [3.63, 3.8) is 0 Å². The van der Waals surface area contributed by atoms with Crippen LogP contribution in [0.15, 0.2) is 41.5 Å². The summed E-state index contributed by atoms with van der Waals surface area (Å²) in [5, 5.41) is 9.50. The van der Waals surface area contributed by atoms with E-state index in [4.69, 9.17) is 0 Å². The van der Waals surface area contributed by atoms with Gasteiger partial charge in [-0.05, 0) is 18.1 Å². The molecule has 0 fully saturated rings. The van der Waals surface area contributed by atoms with E-state index in [1.807, 2.05) is 0 Å². The first-order valence-corrected chi connectivity index (χ1v) is 5.46. The summed E-state index contributed by atoms with van der Waals surface area (Å²) in [4.78, 5) is 3.84. The van der Waals surface area contributed by atoms with Crippen LogP contribution in [0.5, 0.6) is 0 Å². The van der Waals surface area contributed by atoms with E-state index in [9.17, 15) is 18.3 Å². The lowest BCUT2D eigenvalue weighted by Crippen LogP contribution is -2.32. The number of aliphatic hydroxyl groups is 1. The molecule has 0 saturated carbocycles. The Hall–Kier alpha value is -1.62. The van der Waals surface area contributed by atoms with Gasteiger partial charge in [-0.3, -0.25) is 4.99 Å². The molecule has 1 atom stereocenters. The van der Waals surface area contributed by atoms with Crippen molar-refractivity contribution in [1.29, 1.82) is 0 Å². The lowest BCUT2D eigenvalue weighted by molar-refractivity contribution is -0.138. The van der Waals surface area contributed by atoms with Gasteiger partial charge < -0.3 is 5.11 Å². The highest BCUT2D eigenvalue weighted by molar-refractivity contribution is 5.64. The van der Waals surface area contributed by atoms with Crippen LogP contribution in [0, 0.1) is 0 Å². The molecule has 1 aliphatic rings. The zero-order valence-corrected chi connectivity index (χ0v) is 9.48. The highest BCUT2D eigenvalue weighted by Gasteiger charge is 2.40. The molecule has 1 aliphatic heterocycles. The number of hydrogen-bond donors (Lipinski definition) is 1. The maximum absolute atomic E-state index is 13.0. The third-order valence-corrected chi connectivity index (χ3v) is 3.09. The summed E-state index contributed by atoms with van der Waals surface area (Å²) >= 11 is 0. The standard InChI is InChI=1S/C13H12F3NO/c14-13(15,16)11-4-2-1-3-10(11)12(9-18)5-7-17-8-6-12/h1-5,7-8,18H,6,9H2. The van der Waals surface area contributed by atoms with Gasteiger partial charge in [0, 0.05) is 17.8 Å². The lowest BCUT2D eigenvalue weighted by atomic mass is 9.75. The lowest BCUT2D eigenvalue weighted by Gasteiger charge is -2.31. The van der Waals surface area contributed by atoms with Crippen LogP contribution in [0.25, 0.3) is 0 Å². The molecule has 96 valence electrons. The summed E-state index contributed by atoms with van der Waals surface area (Å²) < 4.78 is 38.9. The van der Waals surface area contributed by atoms with Crippen LogP contribution < -0.4 is 0 Å². The quantitative estimate of drug-likeness (QED) is 0.865. The molecule has 1 aromatic rings. The highest BCUT2D eigenvalue weighted by Crippen LogP contribution is 2.40. The minimum Gasteiger partial charge on any atom is -0.395 e. The van der Waals surface area contributed by atoms with Crippen molar-refractivity contribution < 1.29 is 18.3 Å². The molecule has 0 saturated heterocycles. The second kappa shape index (κ2) is 4.57. The number of hydrogen-bond acceptors (Lipinski definition) is 2. The largest absolute Gasteiger partial charge is 0.416 e. The van der Waals surface area contributed by atoms with Gasteiger partial charge in [0.1, 0.15) is 0 Å². The van der Waals surface area contributed by atoms with Crippen molar-refractivity contribution in [1.82, 2.24) is 0 Å². The van der Waals surface area contributed by atoms with Crippen molar-refractivity contribution >= 4 is 6.21 Å². The maximum atomic E-state index is 13.0. The summed E-state index contributed by atoms with van der Waals surface area (Å²) in [6.07, 6.45) is 0.294. The van der Waals surface area contributed by atoms with Crippen LogP contribution in [-0.2, 0) is 11.6 Å². The van der Waals surface area contributed by atoms with E-state index in [0.717, 1.165) is 6.07 Å². The Labute approximate surface area is 102 Å². The predicted octanol–water partition coefficient (Wildman–Crippen LogP) is 2.92. The number of benzene rings is 1. The van der Waals surface area contributed by atoms with Crippen LogP contribution in [0.4, 0.5) is 13.2 Å². The van der Waals surface area contributed by atoms with E-state index in [1.165, 1.54) is 30.6 Å². The Balaban J connectivity index is 2.56. The Morgan fingerprint density at radius 2 is 2.00 bits per heavy atom. The normalized spacial score (nSPS) is 23.3. The number of rotatable bonds is 2. The highest BCUT2D eigenvalue weighted by atomic mass is 19.4. The summed E-state index contributed by atoms with van der Waals surface area (Å²) in [6, 6.07) is 5.33. The van der Waals surface area contributed by atoms with E-state index < -0.39 is 17.2 Å². The fourth-order valence-corrected chi connectivity index (χ4v) is 2.10. The van der Waals surface area contributed by atoms with E-state index in [-0.39, 0.29) is 18.6 Å². The van der Waals surface area contributed by atoms with E-state index >= 15 is 0 Å².